The summed E-state index contributed by atoms with van der Waals surface area (Å²) in [6, 6.07) is 6.62. The molecule has 0 fully saturated rings. The lowest BCUT2D eigenvalue weighted by atomic mass is 10.2. The molecule has 122 valence electrons. The Bertz CT molecular complexity index is 1030. The van der Waals surface area contributed by atoms with E-state index < -0.39 is 10.0 Å². The van der Waals surface area contributed by atoms with E-state index >= 15 is 0 Å². The van der Waals surface area contributed by atoms with Crippen molar-refractivity contribution < 1.29 is 12.8 Å². The van der Waals surface area contributed by atoms with E-state index in [0.717, 1.165) is 0 Å². The number of rotatable bonds is 4. The van der Waals surface area contributed by atoms with E-state index in [-0.39, 0.29) is 17.1 Å². The van der Waals surface area contributed by atoms with Crippen molar-refractivity contribution in [1.29, 1.82) is 0 Å². The first-order chi connectivity index (χ1) is 10.8. The van der Waals surface area contributed by atoms with Gasteiger partial charge in [0.25, 0.3) is 0 Å². The van der Waals surface area contributed by atoms with Crippen molar-refractivity contribution in [3.63, 3.8) is 0 Å². The van der Waals surface area contributed by atoms with Crippen molar-refractivity contribution in [3.8, 4) is 0 Å². The minimum absolute atomic E-state index is 0.0700. The minimum atomic E-state index is -3.71. The van der Waals surface area contributed by atoms with Crippen molar-refractivity contribution in [2.45, 2.75) is 18.4 Å². The SMILES string of the molecule is Cc1cc2c(cc1S(=O)(=O)NCc1ccco1)n(C)c(=O)n2C. The number of benzene rings is 1. The monoisotopic (exact) mass is 335 g/mol. The molecule has 0 saturated carbocycles. The number of aryl methyl sites for hydroxylation is 3. The highest BCUT2D eigenvalue weighted by atomic mass is 32.2. The zero-order valence-corrected chi connectivity index (χ0v) is 13.8. The van der Waals surface area contributed by atoms with E-state index in [0.29, 0.717) is 22.4 Å². The minimum Gasteiger partial charge on any atom is -0.468 e. The highest BCUT2D eigenvalue weighted by molar-refractivity contribution is 7.89. The summed E-state index contributed by atoms with van der Waals surface area (Å²) in [4.78, 5) is 12.1. The first-order valence-corrected chi connectivity index (χ1v) is 8.47. The maximum Gasteiger partial charge on any atom is 0.328 e. The summed E-state index contributed by atoms with van der Waals surface area (Å²) in [6.45, 7) is 1.78. The molecule has 0 spiro atoms. The van der Waals surface area contributed by atoms with Crippen LogP contribution in [0.3, 0.4) is 0 Å². The van der Waals surface area contributed by atoms with Crippen LogP contribution in [0.1, 0.15) is 11.3 Å². The average molecular weight is 335 g/mol. The molecule has 0 amide bonds. The Labute approximate surface area is 133 Å². The Balaban J connectivity index is 2.06. The number of furan rings is 1. The van der Waals surface area contributed by atoms with Crippen LogP contribution in [0, 0.1) is 6.92 Å². The van der Waals surface area contributed by atoms with Gasteiger partial charge in [-0.1, -0.05) is 0 Å². The summed E-state index contributed by atoms with van der Waals surface area (Å²) >= 11 is 0. The van der Waals surface area contributed by atoms with Crippen LogP contribution < -0.4 is 10.4 Å². The summed E-state index contributed by atoms with van der Waals surface area (Å²) in [6.07, 6.45) is 1.49. The fourth-order valence-electron chi connectivity index (χ4n) is 2.58. The van der Waals surface area contributed by atoms with Gasteiger partial charge in [0.1, 0.15) is 5.76 Å². The number of imidazole rings is 1. The van der Waals surface area contributed by atoms with Crippen molar-refractivity contribution in [1.82, 2.24) is 13.9 Å². The van der Waals surface area contributed by atoms with Crippen molar-refractivity contribution >= 4 is 21.1 Å². The number of nitrogens with zero attached hydrogens (tertiary/aromatic N) is 2. The molecule has 1 N–H and O–H groups in total. The molecule has 0 aliphatic heterocycles. The van der Waals surface area contributed by atoms with Gasteiger partial charge < -0.3 is 4.42 Å². The number of fused-ring (bicyclic) bond motifs is 1. The predicted molar refractivity (Wildman–Crippen MR) is 85.6 cm³/mol. The summed E-state index contributed by atoms with van der Waals surface area (Å²) in [5.74, 6) is 0.527. The average Bonchev–Trinajstić information content (AvgIpc) is 3.09. The third-order valence-electron chi connectivity index (χ3n) is 3.87. The van der Waals surface area contributed by atoms with Crippen LogP contribution in [-0.4, -0.2) is 17.6 Å². The van der Waals surface area contributed by atoms with Crippen LogP contribution in [0.15, 0.2) is 44.6 Å². The van der Waals surface area contributed by atoms with Gasteiger partial charge in [0.15, 0.2) is 0 Å². The highest BCUT2D eigenvalue weighted by Gasteiger charge is 2.20. The van der Waals surface area contributed by atoms with Gasteiger partial charge in [-0.2, -0.15) is 0 Å². The largest absolute Gasteiger partial charge is 0.468 e. The van der Waals surface area contributed by atoms with Crippen LogP contribution >= 0.6 is 0 Å². The third kappa shape index (κ3) is 2.60. The molecular weight excluding hydrogens is 318 g/mol. The van der Waals surface area contributed by atoms with E-state index in [9.17, 15) is 13.2 Å². The van der Waals surface area contributed by atoms with Crippen molar-refractivity contribution in [2.24, 2.45) is 14.1 Å². The highest BCUT2D eigenvalue weighted by Crippen LogP contribution is 2.22. The second-order valence-electron chi connectivity index (χ2n) is 5.41. The Morgan fingerprint density at radius 2 is 1.83 bits per heavy atom. The maximum absolute atomic E-state index is 12.5. The number of sulfonamides is 1. The molecular formula is C15H17N3O4S. The molecule has 3 rings (SSSR count). The third-order valence-corrected chi connectivity index (χ3v) is 5.42. The van der Waals surface area contributed by atoms with Crippen LogP contribution in [0.4, 0.5) is 0 Å². The summed E-state index contributed by atoms with van der Waals surface area (Å²) < 4.78 is 35.7. The molecule has 0 aliphatic carbocycles. The predicted octanol–water partition coefficient (Wildman–Crippen LogP) is 1.26. The summed E-state index contributed by atoms with van der Waals surface area (Å²) in [7, 11) is -0.436. The van der Waals surface area contributed by atoms with E-state index in [1.54, 1.807) is 39.2 Å². The normalized spacial score (nSPS) is 12.1. The van der Waals surface area contributed by atoms with Crippen LogP contribution in [0.5, 0.6) is 0 Å². The number of hydrogen-bond acceptors (Lipinski definition) is 4. The lowest BCUT2D eigenvalue weighted by Gasteiger charge is -2.09. The van der Waals surface area contributed by atoms with E-state index in [1.807, 2.05) is 0 Å². The fourth-order valence-corrected chi connectivity index (χ4v) is 3.81. The Kier molecular flexibility index (Phi) is 3.65. The Morgan fingerprint density at radius 1 is 1.17 bits per heavy atom. The molecule has 0 unspecified atom stereocenters. The first kappa shape index (κ1) is 15.6. The summed E-state index contributed by atoms with van der Waals surface area (Å²) in [5, 5.41) is 0. The zero-order chi connectivity index (χ0) is 16.8. The maximum atomic E-state index is 12.5. The van der Waals surface area contributed by atoms with Gasteiger partial charge >= 0.3 is 5.69 Å². The lowest BCUT2D eigenvalue weighted by molar-refractivity contribution is 0.498. The Hall–Kier alpha value is -2.32. The van der Waals surface area contributed by atoms with Gasteiger partial charge in [-0.15, -0.1) is 0 Å². The van der Waals surface area contributed by atoms with Crippen LogP contribution in [-0.2, 0) is 30.7 Å². The molecule has 0 radical (unpaired) electrons. The van der Waals surface area contributed by atoms with Crippen LogP contribution in [0.2, 0.25) is 0 Å². The molecule has 7 nitrogen and oxygen atoms in total. The van der Waals surface area contributed by atoms with E-state index in [2.05, 4.69) is 4.72 Å². The molecule has 0 bridgehead atoms. The van der Waals surface area contributed by atoms with E-state index in [1.165, 1.54) is 21.5 Å². The van der Waals surface area contributed by atoms with Gasteiger partial charge in [-0.3, -0.25) is 9.13 Å². The lowest BCUT2D eigenvalue weighted by Crippen LogP contribution is -2.23. The van der Waals surface area contributed by atoms with Gasteiger partial charge in [-0.05, 0) is 36.8 Å². The van der Waals surface area contributed by atoms with E-state index in [4.69, 9.17) is 4.42 Å². The smallest absolute Gasteiger partial charge is 0.328 e. The molecule has 0 saturated heterocycles. The number of nitrogens with one attached hydrogen (secondary N) is 1. The summed E-state index contributed by atoms with van der Waals surface area (Å²) in [5.41, 5.74) is 1.64. The standard InChI is InChI=1S/C15H17N3O4S/c1-10-7-12-13(18(3)15(19)17(12)2)8-14(10)23(20,21)16-9-11-5-4-6-22-11/h4-8,16H,9H2,1-3H3. The molecule has 23 heavy (non-hydrogen) atoms. The van der Waals surface area contributed by atoms with Crippen molar-refractivity contribution in [2.75, 3.05) is 0 Å². The van der Waals surface area contributed by atoms with Gasteiger partial charge in [0, 0.05) is 14.1 Å². The van der Waals surface area contributed by atoms with Crippen molar-refractivity contribution in [3.05, 3.63) is 52.3 Å². The van der Waals surface area contributed by atoms with Gasteiger partial charge in [-0.25, -0.2) is 17.9 Å². The second-order valence-corrected chi connectivity index (χ2v) is 7.15. The molecule has 1 aromatic carbocycles. The number of aromatic nitrogens is 2. The second kappa shape index (κ2) is 5.39. The topological polar surface area (TPSA) is 86.2 Å². The molecule has 2 aromatic heterocycles. The Morgan fingerprint density at radius 3 is 2.43 bits per heavy atom. The zero-order valence-electron chi connectivity index (χ0n) is 13.0. The molecule has 0 atom stereocenters. The molecule has 8 heteroatoms. The van der Waals surface area contributed by atoms with Crippen LogP contribution in [0.25, 0.3) is 11.0 Å². The fraction of sp³-hybridized carbons (Fsp3) is 0.267. The van der Waals surface area contributed by atoms with Gasteiger partial charge in [0.2, 0.25) is 10.0 Å². The quantitative estimate of drug-likeness (QED) is 0.777. The molecule has 0 aliphatic rings. The molecule has 3 aromatic rings. The first-order valence-electron chi connectivity index (χ1n) is 6.99. The number of hydrogen-bond donors (Lipinski definition) is 1. The van der Waals surface area contributed by atoms with Gasteiger partial charge in [0.05, 0.1) is 28.7 Å². The molecule has 2 heterocycles.